The summed E-state index contributed by atoms with van der Waals surface area (Å²) in [5.74, 6) is -0.317. The van der Waals surface area contributed by atoms with Crippen molar-refractivity contribution in [2.75, 3.05) is 5.32 Å². The van der Waals surface area contributed by atoms with E-state index in [9.17, 15) is 18.4 Å². The van der Waals surface area contributed by atoms with Crippen LogP contribution < -0.4 is 10.9 Å². The number of rotatable bonds is 5. The number of fused-ring (bicyclic) bond motifs is 1. The molecule has 0 aliphatic heterocycles. The lowest BCUT2D eigenvalue weighted by Gasteiger charge is -2.10. The molecule has 2 aromatic heterocycles. The zero-order valence-electron chi connectivity index (χ0n) is 14.7. The molecule has 0 unspecified atom stereocenters. The van der Waals surface area contributed by atoms with E-state index in [1.807, 2.05) is 0 Å². The number of hydrogen-bond donors (Lipinski definition) is 1. The Bertz CT molecular complexity index is 1060. The highest BCUT2D eigenvalue weighted by atomic mass is 35.5. The number of nitrogens with zero attached hydrogens (tertiary/aromatic N) is 3. The maximum atomic E-state index is 13.3. The molecule has 27 heavy (non-hydrogen) atoms. The molecule has 0 saturated heterocycles. The summed E-state index contributed by atoms with van der Waals surface area (Å²) in [5.41, 5.74) is 0.290. The normalized spacial score (nSPS) is 11.3. The van der Waals surface area contributed by atoms with E-state index < -0.39 is 12.0 Å². The first-order chi connectivity index (χ1) is 12.8. The first kappa shape index (κ1) is 19.0. The molecule has 2 heterocycles. The maximum absolute atomic E-state index is 13.3. The fourth-order valence-corrected chi connectivity index (χ4v) is 2.99. The van der Waals surface area contributed by atoms with E-state index in [2.05, 4.69) is 10.4 Å². The molecule has 0 saturated carbocycles. The molecule has 0 spiro atoms. The van der Waals surface area contributed by atoms with Crippen LogP contribution >= 0.6 is 11.6 Å². The number of aryl methyl sites for hydroxylation is 3. The van der Waals surface area contributed by atoms with E-state index in [4.69, 9.17) is 11.6 Å². The van der Waals surface area contributed by atoms with Gasteiger partial charge in [-0.3, -0.25) is 18.8 Å². The second-order valence-corrected chi connectivity index (χ2v) is 6.54. The van der Waals surface area contributed by atoms with Crippen molar-refractivity contribution in [3.05, 3.63) is 57.0 Å². The minimum atomic E-state index is -2.79. The average molecular weight is 395 g/mol. The van der Waals surface area contributed by atoms with Gasteiger partial charge in [0.25, 0.3) is 12.0 Å². The van der Waals surface area contributed by atoms with Crippen molar-refractivity contribution in [3.63, 3.8) is 0 Å². The molecule has 3 aromatic rings. The fraction of sp³-hybridized carbons (Fsp3) is 0.278. The topological polar surface area (TPSA) is 68.9 Å². The number of alkyl halides is 2. The van der Waals surface area contributed by atoms with Crippen LogP contribution in [0.25, 0.3) is 11.0 Å². The van der Waals surface area contributed by atoms with Gasteiger partial charge in [0.05, 0.1) is 0 Å². The second kappa shape index (κ2) is 7.48. The molecule has 0 atom stereocenters. The van der Waals surface area contributed by atoms with Gasteiger partial charge in [-0.1, -0.05) is 11.6 Å². The number of carbonyl (C=O) groups is 1. The Morgan fingerprint density at radius 1 is 1.30 bits per heavy atom. The molecule has 0 bridgehead atoms. The number of hydrogen-bond acceptors (Lipinski definition) is 3. The first-order valence-electron chi connectivity index (χ1n) is 8.18. The van der Waals surface area contributed by atoms with Crippen LogP contribution in [0, 0.1) is 6.92 Å². The number of benzene rings is 1. The van der Waals surface area contributed by atoms with E-state index in [-0.39, 0.29) is 35.5 Å². The lowest BCUT2D eigenvalue weighted by molar-refractivity contribution is -0.116. The Kier molecular flexibility index (Phi) is 5.27. The first-order valence-corrected chi connectivity index (χ1v) is 8.56. The Hall–Kier alpha value is -2.74. The van der Waals surface area contributed by atoms with Crippen LogP contribution in [0.1, 0.15) is 24.1 Å². The molecule has 0 aliphatic carbocycles. The van der Waals surface area contributed by atoms with Crippen molar-refractivity contribution in [3.8, 4) is 0 Å². The van der Waals surface area contributed by atoms with Crippen molar-refractivity contribution >= 4 is 34.2 Å². The van der Waals surface area contributed by atoms with Crippen LogP contribution in [0.3, 0.4) is 0 Å². The van der Waals surface area contributed by atoms with Crippen molar-refractivity contribution < 1.29 is 13.6 Å². The van der Waals surface area contributed by atoms with E-state index in [0.29, 0.717) is 16.4 Å². The van der Waals surface area contributed by atoms with E-state index >= 15 is 0 Å². The summed E-state index contributed by atoms with van der Waals surface area (Å²) in [6.45, 7) is 1.68. The molecule has 0 radical (unpaired) electrons. The Morgan fingerprint density at radius 2 is 1.96 bits per heavy atom. The highest BCUT2D eigenvalue weighted by Gasteiger charge is 2.21. The number of aromatic nitrogens is 3. The second-order valence-electron chi connectivity index (χ2n) is 6.10. The quantitative estimate of drug-likeness (QED) is 0.718. The fourth-order valence-electron chi connectivity index (χ4n) is 2.86. The Morgan fingerprint density at radius 3 is 2.59 bits per heavy atom. The number of carbonyl (C=O) groups excluding carboxylic acids is 1. The maximum Gasteiger partial charge on any atom is 0.264 e. The summed E-state index contributed by atoms with van der Waals surface area (Å²) in [6.07, 6.45) is -2.80. The summed E-state index contributed by atoms with van der Waals surface area (Å²) >= 11 is 5.80. The predicted molar refractivity (Wildman–Crippen MR) is 99.4 cm³/mol. The monoisotopic (exact) mass is 394 g/mol. The molecule has 9 heteroatoms. The molecule has 6 nitrogen and oxygen atoms in total. The third-order valence-corrected chi connectivity index (χ3v) is 4.58. The number of nitrogens with one attached hydrogen (secondary N) is 1. The predicted octanol–water partition coefficient (Wildman–Crippen LogP) is 3.66. The van der Waals surface area contributed by atoms with E-state index in [0.717, 1.165) is 6.07 Å². The zero-order valence-corrected chi connectivity index (χ0v) is 15.4. The molecular weight excluding hydrogens is 378 g/mol. The van der Waals surface area contributed by atoms with Crippen molar-refractivity contribution in [1.29, 1.82) is 0 Å². The summed E-state index contributed by atoms with van der Waals surface area (Å²) < 4.78 is 29.3. The van der Waals surface area contributed by atoms with Crippen molar-refractivity contribution in [2.45, 2.75) is 26.3 Å². The standard InChI is InChI=1S/C18H17ClF2N4O2/c1-10-16-13(17(20)21)9-15(27)25(18(16)23-24(10)2)8-7-14(26)22-12-5-3-11(19)4-6-12/h3-6,9,17H,7-8H2,1-2H3,(H,22,26). The van der Waals surface area contributed by atoms with Gasteiger partial charge in [-0.05, 0) is 31.2 Å². The summed E-state index contributed by atoms with van der Waals surface area (Å²) in [4.78, 5) is 24.5. The number of amides is 1. The lowest BCUT2D eigenvalue weighted by atomic mass is 10.1. The minimum Gasteiger partial charge on any atom is -0.326 e. The largest absolute Gasteiger partial charge is 0.326 e. The molecule has 3 rings (SSSR count). The summed E-state index contributed by atoms with van der Waals surface area (Å²) in [7, 11) is 1.62. The Labute approximate surface area is 158 Å². The molecule has 142 valence electrons. The molecule has 1 amide bonds. The van der Waals surface area contributed by atoms with Crippen LogP contribution in [0.4, 0.5) is 14.5 Å². The van der Waals surface area contributed by atoms with E-state index in [1.54, 1.807) is 38.2 Å². The Balaban J connectivity index is 1.87. The van der Waals surface area contributed by atoms with Gasteiger partial charge in [0.1, 0.15) is 0 Å². The third kappa shape index (κ3) is 3.85. The van der Waals surface area contributed by atoms with Crippen LogP contribution in [0.5, 0.6) is 0 Å². The lowest BCUT2D eigenvalue weighted by Crippen LogP contribution is -2.24. The highest BCUT2D eigenvalue weighted by Crippen LogP contribution is 2.28. The van der Waals surface area contributed by atoms with E-state index in [1.165, 1.54) is 9.25 Å². The molecule has 1 N–H and O–H groups in total. The van der Waals surface area contributed by atoms with Gasteiger partial charge in [0.15, 0.2) is 5.65 Å². The molecule has 0 fully saturated rings. The zero-order chi connectivity index (χ0) is 19.7. The smallest absolute Gasteiger partial charge is 0.264 e. The number of pyridine rings is 1. The van der Waals surface area contributed by atoms with Gasteiger partial charge in [-0.2, -0.15) is 5.10 Å². The summed E-state index contributed by atoms with van der Waals surface area (Å²) in [6, 6.07) is 7.52. The van der Waals surface area contributed by atoms with Gasteiger partial charge in [0.2, 0.25) is 5.91 Å². The highest BCUT2D eigenvalue weighted by molar-refractivity contribution is 6.30. The van der Waals surface area contributed by atoms with Gasteiger partial charge in [-0.25, -0.2) is 8.78 Å². The number of anilines is 1. The SMILES string of the molecule is Cc1c2c(C(F)F)cc(=O)n(CCC(=O)Nc3ccc(Cl)cc3)c2nn1C. The summed E-state index contributed by atoms with van der Waals surface area (Å²) in [5, 5.41) is 7.67. The van der Waals surface area contributed by atoms with Gasteiger partial charge < -0.3 is 5.32 Å². The van der Waals surface area contributed by atoms with Crippen molar-refractivity contribution in [2.24, 2.45) is 7.05 Å². The number of halogens is 3. The minimum absolute atomic E-state index is 0.0126. The molecular formula is C18H17ClF2N4O2. The van der Waals surface area contributed by atoms with Crippen LogP contribution in [-0.2, 0) is 18.4 Å². The van der Waals surface area contributed by atoms with Gasteiger partial charge in [0, 0.05) is 53.4 Å². The van der Waals surface area contributed by atoms with Gasteiger partial charge in [-0.15, -0.1) is 0 Å². The van der Waals surface area contributed by atoms with Gasteiger partial charge >= 0.3 is 0 Å². The van der Waals surface area contributed by atoms with Crippen molar-refractivity contribution in [1.82, 2.24) is 14.3 Å². The van der Waals surface area contributed by atoms with Crippen LogP contribution in [0.15, 0.2) is 35.1 Å². The van der Waals surface area contributed by atoms with Crippen LogP contribution in [0.2, 0.25) is 5.02 Å². The molecule has 1 aromatic carbocycles. The van der Waals surface area contributed by atoms with Crippen LogP contribution in [-0.4, -0.2) is 20.3 Å². The average Bonchev–Trinajstić information content (AvgIpc) is 2.90. The third-order valence-electron chi connectivity index (χ3n) is 4.33. The molecule has 0 aliphatic rings.